The molecule has 0 atom stereocenters. The molecule has 196 valence electrons. The van der Waals surface area contributed by atoms with Crippen molar-refractivity contribution in [3.63, 3.8) is 0 Å². The summed E-state index contributed by atoms with van der Waals surface area (Å²) in [6.07, 6.45) is 2.31. The smallest absolute Gasteiger partial charge is 0.404 e. The zero-order valence-corrected chi connectivity index (χ0v) is 20.4. The van der Waals surface area contributed by atoms with Gasteiger partial charge in [-0.05, 0) is 61.7 Å². The molecule has 2 heterocycles. The zero-order valence-electron chi connectivity index (χ0n) is 20.4. The molecule has 2 amide bonds. The van der Waals surface area contributed by atoms with Crippen molar-refractivity contribution < 1.29 is 38.8 Å². The molecule has 38 heavy (non-hydrogen) atoms. The van der Waals surface area contributed by atoms with Crippen LogP contribution in [0.25, 0.3) is 0 Å². The summed E-state index contributed by atoms with van der Waals surface area (Å²) >= 11 is 0. The number of fused-ring (bicyclic) bond motifs is 6. The molecule has 0 unspecified atom stereocenters. The van der Waals surface area contributed by atoms with Crippen molar-refractivity contribution in [2.45, 2.75) is 31.3 Å². The summed E-state index contributed by atoms with van der Waals surface area (Å²) in [5.74, 6) is -0.420. The first-order valence-electron chi connectivity index (χ1n) is 12.2. The van der Waals surface area contributed by atoms with Gasteiger partial charge in [0.1, 0.15) is 23.0 Å². The number of esters is 1. The minimum absolute atomic E-state index is 0.0411. The summed E-state index contributed by atoms with van der Waals surface area (Å²) in [6.45, 7) is 0.723. The molecular weight excluding hydrogens is 492 g/mol. The van der Waals surface area contributed by atoms with Crippen LogP contribution in [0.2, 0.25) is 0 Å². The third kappa shape index (κ3) is 4.45. The van der Waals surface area contributed by atoms with Crippen LogP contribution in [0.4, 0.5) is 4.79 Å². The van der Waals surface area contributed by atoms with Crippen LogP contribution in [0.15, 0.2) is 54.6 Å². The van der Waals surface area contributed by atoms with Gasteiger partial charge in [-0.1, -0.05) is 6.42 Å². The Morgan fingerprint density at radius 1 is 0.868 bits per heavy atom. The number of hydrogen-bond donors (Lipinski definition) is 4. The number of nitrogens with one attached hydrogen (secondary N) is 1. The monoisotopic (exact) mass is 518 g/mol. The number of aromatic hydroxyl groups is 2. The number of rotatable bonds is 8. The van der Waals surface area contributed by atoms with Crippen LogP contribution in [0.1, 0.15) is 63.1 Å². The van der Waals surface area contributed by atoms with E-state index >= 15 is 0 Å². The van der Waals surface area contributed by atoms with E-state index in [1.54, 1.807) is 30.3 Å². The van der Waals surface area contributed by atoms with E-state index in [2.05, 4.69) is 5.32 Å². The van der Waals surface area contributed by atoms with Crippen molar-refractivity contribution in [3.05, 3.63) is 82.4 Å². The molecule has 10 heteroatoms. The number of ether oxygens (including phenoxy) is 3. The van der Waals surface area contributed by atoms with E-state index in [-0.39, 0.29) is 35.5 Å². The number of nitrogens with two attached hydrogens (primary N) is 1. The average molecular weight is 519 g/mol. The molecule has 1 spiro atoms. The van der Waals surface area contributed by atoms with Crippen LogP contribution in [-0.4, -0.2) is 41.3 Å². The maximum Gasteiger partial charge on any atom is 0.404 e. The Morgan fingerprint density at radius 3 is 2.18 bits per heavy atom. The minimum atomic E-state index is -1.43. The minimum Gasteiger partial charge on any atom is -0.508 e. The molecular formula is C28H26N2O8. The van der Waals surface area contributed by atoms with Gasteiger partial charge in [-0.2, -0.15) is 0 Å². The van der Waals surface area contributed by atoms with Crippen molar-refractivity contribution in [2.75, 3.05) is 13.2 Å². The van der Waals surface area contributed by atoms with Crippen LogP contribution in [0.3, 0.4) is 0 Å². The van der Waals surface area contributed by atoms with Crippen LogP contribution >= 0.6 is 0 Å². The molecule has 0 saturated heterocycles. The Morgan fingerprint density at radius 2 is 1.53 bits per heavy atom. The number of carbonyl (C=O) groups is 3. The highest BCUT2D eigenvalue weighted by Crippen LogP contribution is 2.57. The molecule has 3 aromatic rings. The number of phenols is 2. The number of phenolic OH excluding ortho intramolecular Hbond substituents is 2. The van der Waals surface area contributed by atoms with E-state index in [4.69, 9.17) is 19.9 Å². The predicted molar refractivity (Wildman–Crippen MR) is 134 cm³/mol. The third-order valence-electron chi connectivity index (χ3n) is 6.64. The topological polar surface area (TPSA) is 157 Å². The molecule has 0 aliphatic carbocycles. The number of hydrogen-bond acceptors (Lipinski definition) is 8. The molecule has 2 aliphatic heterocycles. The average Bonchev–Trinajstić information content (AvgIpc) is 3.17. The maximum absolute atomic E-state index is 13.0. The lowest BCUT2D eigenvalue weighted by molar-refractivity contribution is 0.0224. The lowest BCUT2D eigenvalue weighted by atomic mass is 9.77. The van der Waals surface area contributed by atoms with E-state index in [1.165, 1.54) is 24.3 Å². The van der Waals surface area contributed by atoms with Crippen LogP contribution in [0.5, 0.6) is 23.0 Å². The van der Waals surface area contributed by atoms with Crippen molar-refractivity contribution in [1.82, 2.24) is 5.32 Å². The van der Waals surface area contributed by atoms with Crippen molar-refractivity contribution >= 4 is 18.0 Å². The normalized spacial score (nSPS) is 14.1. The van der Waals surface area contributed by atoms with E-state index in [9.17, 15) is 24.6 Å². The fourth-order valence-electron chi connectivity index (χ4n) is 4.90. The van der Waals surface area contributed by atoms with Crippen molar-refractivity contribution in [1.29, 1.82) is 0 Å². The molecule has 0 radical (unpaired) electrons. The number of amides is 2. The summed E-state index contributed by atoms with van der Waals surface area (Å²) < 4.78 is 16.7. The van der Waals surface area contributed by atoms with E-state index in [0.717, 1.165) is 19.3 Å². The number of carbonyl (C=O) groups excluding carboxylic acids is 3. The Kier molecular flexibility index (Phi) is 6.54. The van der Waals surface area contributed by atoms with Crippen molar-refractivity contribution in [3.8, 4) is 23.0 Å². The molecule has 0 saturated carbocycles. The Labute approximate surface area is 217 Å². The van der Waals surface area contributed by atoms with Crippen LogP contribution in [-0.2, 0) is 15.1 Å². The predicted octanol–water partition coefficient (Wildman–Crippen LogP) is 4.05. The van der Waals surface area contributed by atoms with E-state index in [1.807, 2.05) is 0 Å². The lowest BCUT2D eigenvalue weighted by Gasteiger charge is -2.36. The second-order valence-corrected chi connectivity index (χ2v) is 9.13. The second-order valence-electron chi connectivity index (χ2n) is 9.13. The molecule has 5 N–H and O–H groups in total. The van der Waals surface area contributed by atoms with Gasteiger partial charge in [0.15, 0.2) is 5.60 Å². The lowest BCUT2D eigenvalue weighted by Crippen LogP contribution is -2.33. The van der Waals surface area contributed by atoms with E-state index in [0.29, 0.717) is 40.8 Å². The molecule has 10 nitrogen and oxygen atoms in total. The molecule has 0 aromatic heterocycles. The van der Waals surface area contributed by atoms with Gasteiger partial charge in [-0.15, -0.1) is 0 Å². The molecule has 5 rings (SSSR count). The summed E-state index contributed by atoms with van der Waals surface area (Å²) in [7, 11) is 0. The van der Waals surface area contributed by atoms with E-state index < -0.39 is 17.7 Å². The summed E-state index contributed by atoms with van der Waals surface area (Å²) in [5.41, 5.74) is 5.59. The number of benzene rings is 3. The molecule has 0 fully saturated rings. The summed E-state index contributed by atoms with van der Waals surface area (Å²) in [4.78, 5) is 36.6. The zero-order chi connectivity index (χ0) is 26.9. The quantitative estimate of drug-likeness (QED) is 0.257. The van der Waals surface area contributed by atoms with Gasteiger partial charge in [0.2, 0.25) is 0 Å². The summed E-state index contributed by atoms with van der Waals surface area (Å²) in [5, 5.41) is 23.0. The highest BCUT2D eigenvalue weighted by atomic mass is 16.6. The number of unbranched alkanes of at least 4 members (excludes halogenated alkanes) is 3. The third-order valence-corrected chi connectivity index (χ3v) is 6.64. The highest BCUT2D eigenvalue weighted by Gasteiger charge is 2.53. The largest absolute Gasteiger partial charge is 0.508 e. The molecule has 0 bridgehead atoms. The molecule has 2 aliphatic rings. The molecule has 3 aromatic carbocycles. The fraction of sp³-hybridized carbons (Fsp3) is 0.250. The van der Waals surface area contributed by atoms with Gasteiger partial charge in [0.05, 0.1) is 12.2 Å². The fourth-order valence-corrected chi connectivity index (χ4v) is 4.90. The first-order chi connectivity index (χ1) is 18.3. The van der Waals surface area contributed by atoms with Gasteiger partial charge in [0, 0.05) is 40.9 Å². The van der Waals surface area contributed by atoms with Crippen LogP contribution < -0.4 is 15.8 Å². The first kappa shape index (κ1) is 24.9. The second kappa shape index (κ2) is 9.97. The number of primary amides is 1. The van der Waals surface area contributed by atoms with Gasteiger partial charge in [0.25, 0.3) is 5.91 Å². The van der Waals surface area contributed by atoms with Gasteiger partial charge in [-0.3, -0.25) is 4.79 Å². The Balaban J connectivity index is 1.40. The Bertz CT molecular complexity index is 1380. The highest BCUT2D eigenvalue weighted by molar-refractivity contribution is 6.00. The van der Waals surface area contributed by atoms with Gasteiger partial charge in [-0.25, -0.2) is 9.59 Å². The maximum atomic E-state index is 13.0. The SMILES string of the molecule is NC(=O)OCCCCCCNC(=O)c1ccc2c(c1)C1(OC2=O)c2ccc(O)cc2Oc2cc(O)ccc21. The standard InChI is InChI=1S/C28H26N2O8/c29-27(35)36-12-4-2-1-3-11-30-25(33)16-5-8-19-22(13-16)28(38-26(19)34)20-9-6-17(31)14-23(20)37-24-15-18(32)7-10-21(24)28/h5-10,13-15,31-32H,1-4,11-12H2,(H2,29,35)(H,30,33). The first-order valence-corrected chi connectivity index (χ1v) is 12.2. The van der Waals surface area contributed by atoms with Gasteiger partial charge < -0.3 is 35.5 Å². The van der Waals surface area contributed by atoms with Crippen LogP contribution in [0, 0.1) is 0 Å². The Hall–Kier alpha value is -4.73. The summed E-state index contributed by atoms with van der Waals surface area (Å²) in [6, 6.07) is 13.8. The van der Waals surface area contributed by atoms with Crippen molar-refractivity contribution in [2.24, 2.45) is 5.73 Å². The van der Waals surface area contributed by atoms with Gasteiger partial charge >= 0.3 is 12.1 Å².